The molecule has 5 heteroatoms. The number of hydrogen-bond donors (Lipinski definition) is 3. The molecule has 0 aliphatic carbocycles. The molecule has 1 rings (SSSR count). The molecule has 1 aromatic carbocycles. The number of carbonyl (C=O) groups is 2. The summed E-state index contributed by atoms with van der Waals surface area (Å²) in [7, 11) is 0. The van der Waals surface area contributed by atoms with Crippen molar-refractivity contribution in [1.82, 2.24) is 5.32 Å². The van der Waals surface area contributed by atoms with Gasteiger partial charge in [-0.15, -0.1) is 12.6 Å². The molecule has 1 amide bonds. The maximum absolute atomic E-state index is 11.3. The second-order valence-electron chi connectivity index (χ2n) is 8.98. The van der Waals surface area contributed by atoms with Gasteiger partial charge in [0.1, 0.15) is 0 Å². The van der Waals surface area contributed by atoms with E-state index < -0.39 is 5.97 Å². The van der Waals surface area contributed by atoms with Crippen LogP contribution in [0.2, 0.25) is 0 Å². The molecule has 186 valence electrons. The van der Waals surface area contributed by atoms with Crippen molar-refractivity contribution in [1.29, 1.82) is 0 Å². The van der Waals surface area contributed by atoms with Gasteiger partial charge in [-0.25, -0.2) is 0 Å². The molecule has 4 nitrogen and oxygen atoms in total. The SMILES string of the molecule is O=C(O)CCC(=O)NC=CCCCCCCCCCCCCCCCCc1ccccc1S. The molecular formula is C28H45NO3S. The van der Waals surface area contributed by atoms with Crippen molar-refractivity contribution >= 4 is 24.5 Å². The zero-order valence-electron chi connectivity index (χ0n) is 20.4. The van der Waals surface area contributed by atoms with E-state index >= 15 is 0 Å². The van der Waals surface area contributed by atoms with Gasteiger partial charge in [-0.3, -0.25) is 9.59 Å². The van der Waals surface area contributed by atoms with Crippen molar-refractivity contribution in [3.63, 3.8) is 0 Å². The second kappa shape index (κ2) is 20.8. The lowest BCUT2D eigenvalue weighted by molar-refractivity contribution is -0.138. The smallest absolute Gasteiger partial charge is 0.303 e. The van der Waals surface area contributed by atoms with Crippen LogP contribution in [0.15, 0.2) is 41.4 Å². The van der Waals surface area contributed by atoms with Gasteiger partial charge in [0.05, 0.1) is 6.42 Å². The van der Waals surface area contributed by atoms with Crippen LogP contribution in [0, 0.1) is 0 Å². The van der Waals surface area contributed by atoms with Crippen LogP contribution < -0.4 is 5.32 Å². The normalized spacial score (nSPS) is 11.2. The Labute approximate surface area is 207 Å². The van der Waals surface area contributed by atoms with Gasteiger partial charge < -0.3 is 10.4 Å². The Morgan fingerprint density at radius 1 is 0.758 bits per heavy atom. The fourth-order valence-corrected chi connectivity index (χ4v) is 4.22. The molecule has 1 aromatic rings. The highest BCUT2D eigenvalue weighted by molar-refractivity contribution is 7.80. The molecule has 33 heavy (non-hydrogen) atoms. The number of benzene rings is 1. The van der Waals surface area contributed by atoms with Crippen LogP contribution >= 0.6 is 12.6 Å². The van der Waals surface area contributed by atoms with Crippen molar-refractivity contribution in [2.75, 3.05) is 0 Å². The van der Waals surface area contributed by atoms with Gasteiger partial charge in [-0.05, 0) is 43.5 Å². The Balaban J connectivity index is 1.76. The Bertz CT molecular complexity index is 675. The van der Waals surface area contributed by atoms with E-state index in [0.717, 1.165) is 24.2 Å². The van der Waals surface area contributed by atoms with Crippen LogP contribution in [0.4, 0.5) is 0 Å². The highest BCUT2D eigenvalue weighted by atomic mass is 32.1. The summed E-state index contributed by atoms with van der Waals surface area (Å²) in [6.45, 7) is 0. The van der Waals surface area contributed by atoms with E-state index in [-0.39, 0.29) is 18.7 Å². The fraction of sp³-hybridized carbons (Fsp3) is 0.643. The summed E-state index contributed by atoms with van der Waals surface area (Å²) in [6.07, 6.45) is 24.2. The van der Waals surface area contributed by atoms with Gasteiger partial charge in [-0.2, -0.15) is 0 Å². The summed E-state index contributed by atoms with van der Waals surface area (Å²) >= 11 is 4.52. The van der Waals surface area contributed by atoms with Crippen molar-refractivity contribution in [2.24, 2.45) is 0 Å². The van der Waals surface area contributed by atoms with Gasteiger partial charge in [0.2, 0.25) is 5.91 Å². The van der Waals surface area contributed by atoms with Gasteiger partial charge in [-0.1, -0.05) is 101 Å². The maximum Gasteiger partial charge on any atom is 0.303 e. The van der Waals surface area contributed by atoms with Gasteiger partial charge in [0, 0.05) is 11.3 Å². The number of thiol groups is 1. The molecular weight excluding hydrogens is 430 g/mol. The number of carboxylic acids is 1. The quantitative estimate of drug-likeness (QED) is 0.125. The van der Waals surface area contributed by atoms with Crippen LogP contribution in [-0.2, 0) is 16.0 Å². The predicted octanol–water partition coefficient (Wildman–Crippen LogP) is 7.86. The van der Waals surface area contributed by atoms with E-state index in [4.69, 9.17) is 5.11 Å². The molecule has 0 aliphatic rings. The van der Waals surface area contributed by atoms with Crippen LogP contribution in [0.5, 0.6) is 0 Å². The topological polar surface area (TPSA) is 66.4 Å². The van der Waals surface area contributed by atoms with Crippen LogP contribution in [0.1, 0.15) is 115 Å². The number of carbonyl (C=O) groups excluding carboxylic acids is 1. The van der Waals surface area contributed by atoms with Crippen molar-refractivity contribution in [3.8, 4) is 0 Å². The summed E-state index contributed by atoms with van der Waals surface area (Å²) in [5.74, 6) is -1.18. The third kappa shape index (κ3) is 18.4. The fourth-order valence-electron chi connectivity index (χ4n) is 3.95. The first kappa shape index (κ1) is 29.3. The minimum absolute atomic E-state index is 0.0342. The average molecular weight is 476 g/mol. The van der Waals surface area contributed by atoms with E-state index in [1.54, 1.807) is 6.20 Å². The lowest BCUT2D eigenvalue weighted by Gasteiger charge is -2.05. The first-order valence-corrected chi connectivity index (χ1v) is 13.5. The van der Waals surface area contributed by atoms with Crippen molar-refractivity contribution < 1.29 is 14.7 Å². The third-order valence-corrected chi connectivity index (χ3v) is 6.42. The number of aryl methyl sites for hydroxylation is 1. The molecule has 0 heterocycles. The monoisotopic (exact) mass is 475 g/mol. The molecule has 0 unspecified atom stereocenters. The van der Waals surface area contributed by atoms with E-state index in [1.807, 2.05) is 12.1 Å². The molecule has 0 atom stereocenters. The summed E-state index contributed by atoms with van der Waals surface area (Å²) in [6, 6.07) is 8.43. The number of carboxylic acid groups (broad SMARTS) is 1. The highest BCUT2D eigenvalue weighted by Crippen LogP contribution is 2.17. The second-order valence-corrected chi connectivity index (χ2v) is 9.46. The van der Waals surface area contributed by atoms with Gasteiger partial charge in [0.25, 0.3) is 0 Å². The van der Waals surface area contributed by atoms with E-state index in [9.17, 15) is 9.59 Å². The number of hydrogen-bond acceptors (Lipinski definition) is 3. The molecule has 0 saturated carbocycles. The largest absolute Gasteiger partial charge is 0.481 e. The molecule has 0 fully saturated rings. The molecule has 0 aromatic heterocycles. The minimum atomic E-state index is -0.942. The van der Waals surface area contributed by atoms with E-state index in [1.165, 1.54) is 89.0 Å². The average Bonchev–Trinajstić information content (AvgIpc) is 2.80. The maximum atomic E-state index is 11.3. The number of amides is 1. The zero-order valence-corrected chi connectivity index (χ0v) is 21.3. The Kier molecular flexibility index (Phi) is 18.5. The summed E-state index contributed by atoms with van der Waals surface area (Å²) in [5, 5.41) is 11.1. The first-order chi connectivity index (χ1) is 16.1. The zero-order chi connectivity index (χ0) is 24.0. The molecule has 0 radical (unpaired) electrons. The number of nitrogens with one attached hydrogen (secondary N) is 1. The number of unbranched alkanes of at least 4 members (excludes halogenated alkanes) is 14. The number of allylic oxidation sites excluding steroid dienone is 1. The Morgan fingerprint density at radius 3 is 1.82 bits per heavy atom. The van der Waals surface area contributed by atoms with Crippen LogP contribution in [0.3, 0.4) is 0 Å². The van der Waals surface area contributed by atoms with Crippen molar-refractivity contribution in [2.45, 2.75) is 120 Å². The number of rotatable bonds is 21. The lowest BCUT2D eigenvalue weighted by atomic mass is 10.0. The van der Waals surface area contributed by atoms with Crippen LogP contribution in [0.25, 0.3) is 0 Å². The molecule has 0 spiro atoms. The van der Waals surface area contributed by atoms with Gasteiger partial charge in [0.15, 0.2) is 0 Å². The summed E-state index contributed by atoms with van der Waals surface area (Å²) < 4.78 is 0. The van der Waals surface area contributed by atoms with Gasteiger partial charge >= 0.3 is 5.97 Å². The third-order valence-electron chi connectivity index (χ3n) is 5.99. The summed E-state index contributed by atoms with van der Waals surface area (Å²) in [4.78, 5) is 22.9. The molecule has 0 bridgehead atoms. The van der Waals surface area contributed by atoms with E-state index in [2.05, 4.69) is 36.1 Å². The lowest BCUT2D eigenvalue weighted by Crippen LogP contribution is -2.17. The molecule has 2 N–H and O–H groups in total. The number of aliphatic carboxylic acids is 1. The molecule has 0 aliphatic heterocycles. The van der Waals surface area contributed by atoms with Crippen molar-refractivity contribution in [3.05, 3.63) is 42.1 Å². The minimum Gasteiger partial charge on any atom is -0.481 e. The highest BCUT2D eigenvalue weighted by Gasteiger charge is 2.02. The molecule has 0 saturated heterocycles. The van der Waals surface area contributed by atoms with E-state index in [0.29, 0.717) is 0 Å². The standard InChI is InChI=1S/C28H45NO3S/c30-27(22-23-28(31)32)29-24-18-14-12-10-8-6-4-2-1-3-5-7-9-11-13-15-19-25-20-16-17-21-26(25)33/h16-18,20-21,24,33H,1-15,19,22-23H2,(H,29,30)(H,31,32). The predicted molar refractivity (Wildman–Crippen MR) is 141 cm³/mol. The van der Waals surface area contributed by atoms with Crippen LogP contribution in [-0.4, -0.2) is 17.0 Å². The Hall–Kier alpha value is -1.75. The first-order valence-electron chi connectivity index (χ1n) is 13.0. The Morgan fingerprint density at radius 2 is 1.27 bits per heavy atom. The summed E-state index contributed by atoms with van der Waals surface area (Å²) in [5.41, 5.74) is 1.38.